The maximum absolute atomic E-state index is 12.4. The van der Waals surface area contributed by atoms with Crippen molar-refractivity contribution >= 4 is 23.2 Å². The molecule has 0 radical (unpaired) electrons. The Balaban J connectivity index is 2.23. The lowest BCUT2D eigenvalue weighted by Gasteiger charge is -2.16. The lowest BCUT2D eigenvalue weighted by atomic mass is 9.88. The van der Waals surface area contributed by atoms with Crippen LogP contribution in [0.4, 0.5) is 0 Å². The summed E-state index contributed by atoms with van der Waals surface area (Å²) in [5.74, 6) is -0.0912. The molecule has 0 aromatic heterocycles. The topological polar surface area (TPSA) is 34.1 Å². The van der Waals surface area contributed by atoms with E-state index in [-0.39, 0.29) is 23.9 Å². The lowest BCUT2D eigenvalue weighted by Crippen LogP contribution is -2.11. The van der Waals surface area contributed by atoms with Crippen LogP contribution in [-0.4, -0.2) is 11.6 Å². The van der Waals surface area contributed by atoms with Gasteiger partial charge in [0, 0.05) is 23.4 Å². The molecule has 1 unspecified atom stereocenters. The van der Waals surface area contributed by atoms with Crippen molar-refractivity contribution < 1.29 is 9.59 Å². The van der Waals surface area contributed by atoms with Crippen molar-refractivity contribution in [1.29, 1.82) is 0 Å². The van der Waals surface area contributed by atoms with Crippen LogP contribution in [-0.2, 0) is 4.79 Å². The first kappa shape index (κ1) is 15.5. The maximum atomic E-state index is 12.4. The van der Waals surface area contributed by atoms with E-state index in [1.807, 2.05) is 36.4 Å². The Morgan fingerprint density at radius 1 is 0.952 bits per heavy atom. The van der Waals surface area contributed by atoms with Crippen LogP contribution in [0, 0.1) is 0 Å². The van der Waals surface area contributed by atoms with Crippen molar-refractivity contribution in [1.82, 2.24) is 0 Å². The van der Waals surface area contributed by atoms with Crippen molar-refractivity contribution in [2.24, 2.45) is 0 Å². The number of hydrogen-bond acceptors (Lipinski definition) is 2. The fraction of sp³-hybridized carbons (Fsp3) is 0.222. The fourth-order valence-corrected chi connectivity index (χ4v) is 2.70. The number of ketones is 2. The third-order valence-corrected chi connectivity index (χ3v) is 3.75. The molecular weight excluding hydrogens is 284 g/mol. The average molecular weight is 301 g/mol. The minimum Gasteiger partial charge on any atom is -0.300 e. The second-order valence-electron chi connectivity index (χ2n) is 5.12. The van der Waals surface area contributed by atoms with Gasteiger partial charge in [-0.15, -0.1) is 0 Å². The van der Waals surface area contributed by atoms with E-state index in [4.69, 9.17) is 11.6 Å². The van der Waals surface area contributed by atoms with E-state index in [1.165, 1.54) is 6.92 Å². The number of Topliss-reactive ketones (excluding diaryl/α,β-unsaturated/α-hetero) is 2. The fourth-order valence-electron chi connectivity index (χ4n) is 2.41. The van der Waals surface area contributed by atoms with Gasteiger partial charge in [-0.3, -0.25) is 4.79 Å². The van der Waals surface area contributed by atoms with E-state index in [2.05, 4.69) is 0 Å². The smallest absolute Gasteiger partial charge is 0.163 e. The Labute approximate surface area is 129 Å². The van der Waals surface area contributed by atoms with Gasteiger partial charge in [0.05, 0.1) is 0 Å². The Bertz CT molecular complexity index is 635. The summed E-state index contributed by atoms with van der Waals surface area (Å²) in [5.41, 5.74) is 1.52. The zero-order chi connectivity index (χ0) is 15.2. The Hall–Kier alpha value is -1.93. The Kier molecular flexibility index (Phi) is 5.29. The van der Waals surface area contributed by atoms with Crippen LogP contribution in [0.3, 0.4) is 0 Å². The molecule has 2 aromatic carbocycles. The van der Waals surface area contributed by atoms with E-state index >= 15 is 0 Å². The summed E-state index contributed by atoms with van der Waals surface area (Å²) in [5, 5.41) is 0.601. The van der Waals surface area contributed by atoms with E-state index in [0.717, 1.165) is 5.56 Å². The summed E-state index contributed by atoms with van der Waals surface area (Å²) < 4.78 is 0. The van der Waals surface area contributed by atoms with Gasteiger partial charge in [-0.05, 0) is 24.5 Å². The molecule has 0 heterocycles. The maximum Gasteiger partial charge on any atom is 0.163 e. The van der Waals surface area contributed by atoms with Crippen LogP contribution in [0.1, 0.15) is 41.6 Å². The minimum atomic E-state index is -0.177. The summed E-state index contributed by atoms with van der Waals surface area (Å²) in [4.78, 5) is 23.9. The standard InChI is InChI=1S/C18H17ClO2/c1-13(20)11-15(16-9-5-6-10-17(16)19)12-18(21)14-7-3-2-4-8-14/h2-10,15H,11-12H2,1H3. The predicted molar refractivity (Wildman–Crippen MR) is 84.9 cm³/mol. The Morgan fingerprint density at radius 2 is 1.57 bits per heavy atom. The largest absolute Gasteiger partial charge is 0.300 e. The molecule has 0 saturated carbocycles. The molecule has 0 fully saturated rings. The van der Waals surface area contributed by atoms with Crippen LogP contribution >= 0.6 is 11.6 Å². The molecule has 3 heteroatoms. The van der Waals surface area contributed by atoms with E-state index in [0.29, 0.717) is 17.0 Å². The first-order chi connectivity index (χ1) is 10.1. The summed E-state index contributed by atoms with van der Waals surface area (Å²) in [7, 11) is 0. The molecule has 2 aromatic rings. The normalized spacial score (nSPS) is 11.9. The van der Waals surface area contributed by atoms with Crippen molar-refractivity contribution in [3.05, 3.63) is 70.7 Å². The first-order valence-electron chi connectivity index (χ1n) is 6.90. The number of carbonyl (C=O) groups excluding carboxylic acids is 2. The number of rotatable bonds is 6. The van der Waals surface area contributed by atoms with E-state index in [9.17, 15) is 9.59 Å². The quantitative estimate of drug-likeness (QED) is 0.726. The van der Waals surface area contributed by atoms with Gasteiger partial charge in [-0.25, -0.2) is 0 Å². The van der Waals surface area contributed by atoms with Crippen molar-refractivity contribution in [2.45, 2.75) is 25.7 Å². The van der Waals surface area contributed by atoms with Crippen molar-refractivity contribution in [2.75, 3.05) is 0 Å². The molecule has 0 aliphatic rings. The van der Waals surface area contributed by atoms with Crippen LogP contribution in [0.2, 0.25) is 5.02 Å². The number of hydrogen-bond donors (Lipinski definition) is 0. The number of halogens is 1. The second kappa shape index (κ2) is 7.19. The van der Waals surface area contributed by atoms with E-state index < -0.39 is 0 Å². The third-order valence-electron chi connectivity index (χ3n) is 3.41. The third kappa shape index (κ3) is 4.27. The second-order valence-corrected chi connectivity index (χ2v) is 5.53. The number of benzene rings is 2. The van der Waals surface area contributed by atoms with E-state index in [1.54, 1.807) is 18.2 Å². The minimum absolute atomic E-state index is 0.0294. The highest BCUT2D eigenvalue weighted by Gasteiger charge is 2.20. The molecule has 0 aliphatic heterocycles. The highest BCUT2D eigenvalue weighted by Crippen LogP contribution is 2.31. The molecule has 21 heavy (non-hydrogen) atoms. The molecule has 0 N–H and O–H groups in total. The van der Waals surface area contributed by atoms with Gasteiger partial charge in [-0.2, -0.15) is 0 Å². The van der Waals surface area contributed by atoms with Gasteiger partial charge in [0.2, 0.25) is 0 Å². The molecule has 0 amide bonds. The molecule has 1 atom stereocenters. The molecular formula is C18H17ClO2. The zero-order valence-electron chi connectivity index (χ0n) is 11.9. The van der Waals surface area contributed by atoms with Crippen LogP contribution < -0.4 is 0 Å². The summed E-state index contributed by atoms with van der Waals surface area (Å²) >= 11 is 6.21. The van der Waals surface area contributed by atoms with Crippen molar-refractivity contribution in [3.63, 3.8) is 0 Å². The monoisotopic (exact) mass is 300 g/mol. The molecule has 2 nitrogen and oxygen atoms in total. The molecule has 0 aliphatic carbocycles. The highest BCUT2D eigenvalue weighted by atomic mass is 35.5. The Morgan fingerprint density at radius 3 is 2.19 bits per heavy atom. The summed E-state index contributed by atoms with van der Waals surface area (Å²) in [6.45, 7) is 1.54. The first-order valence-corrected chi connectivity index (χ1v) is 7.28. The molecule has 2 rings (SSSR count). The van der Waals surface area contributed by atoms with Gasteiger partial charge in [0.25, 0.3) is 0 Å². The van der Waals surface area contributed by atoms with Gasteiger partial charge >= 0.3 is 0 Å². The van der Waals surface area contributed by atoms with Crippen LogP contribution in [0.15, 0.2) is 54.6 Å². The molecule has 0 spiro atoms. The highest BCUT2D eigenvalue weighted by molar-refractivity contribution is 6.31. The SMILES string of the molecule is CC(=O)CC(CC(=O)c1ccccc1)c1ccccc1Cl. The molecule has 0 saturated heterocycles. The predicted octanol–water partition coefficient (Wildman–Crippen LogP) is 4.68. The van der Waals surface area contributed by atoms with Crippen LogP contribution in [0.25, 0.3) is 0 Å². The van der Waals surface area contributed by atoms with Crippen molar-refractivity contribution in [3.8, 4) is 0 Å². The van der Waals surface area contributed by atoms with Gasteiger partial charge in [0.1, 0.15) is 5.78 Å². The average Bonchev–Trinajstić information content (AvgIpc) is 2.47. The van der Waals surface area contributed by atoms with Crippen LogP contribution in [0.5, 0.6) is 0 Å². The number of carbonyl (C=O) groups is 2. The lowest BCUT2D eigenvalue weighted by molar-refractivity contribution is -0.117. The summed E-state index contributed by atoms with van der Waals surface area (Å²) in [6, 6.07) is 16.5. The molecule has 0 bridgehead atoms. The van der Waals surface area contributed by atoms with Gasteiger partial charge in [-0.1, -0.05) is 60.1 Å². The van der Waals surface area contributed by atoms with Gasteiger partial charge in [0.15, 0.2) is 5.78 Å². The zero-order valence-corrected chi connectivity index (χ0v) is 12.6. The molecule has 108 valence electrons. The summed E-state index contributed by atoms with van der Waals surface area (Å²) in [6.07, 6.45) is 0.607. The van der Waals surface area contributed by atoms with Gasteiger partial charge < -0.3 is 4.79 Å².